The summed E-state index contributed by atoms with van der Waals surface area (Å²) in [5, 5.41) is 0. The summed E-state index contributed by atoms with van der Waals surface area (Å²) in [6.45, 7) is 2.04. The van der Waals surface area contributed by atoms with Crippen LogP contribution >= 0.6 is 0 Å². The van der Waals surface area contributed by atoms with Crippen molar-refractivity contribution in [2.24, 2.45) is 0 Å². The van der Waals surface area contributed by atoms with Crippen LogP contribution < -0.4 is 4.74 Å². The molecule has 0 radical (unpaired) electrons. The van der Waals surface area contributed by atoms with Crippen molar-refractivity contribution in [1.29, 1.82) is 0 Å². The number of hydrogen-bond acceptors (Lipinski definition) is 4. The fraction of sp³-hybridized carbons (Fsp3) is 0.185. The topological polar surface area (TPSA) is 52.6 Å². The number of esters is 2. The number of hydrogen-bond donors (Lipinski definition) is 0. The molecule has 0 bridgehead atoms. The van der Waals surface area contributed by atoms with E-state index in [1.807, 2.05) is 85.8 Å². The Morgan fingerprint density at radius 3 is 2.16 bits per heavy atom. The van der Waals surface area contributed by atoms with E-state index in [4.69, 9.17) is 9.47 Å². The monoisotopic (exact) mass is 410 g/mol. The zero-order valence-corrected chi connectivity index (χ0v) is 17.2. The van der Waals surface area contributed by atoms with Crippen LogP contribution in [0.5, 0.6) is 5.75 Å². The van der Waals surface area contributed by atoms with Gasteiger partial charge < -0.3 is 9.47 Å². The lowest BCUT2D eigenvalue weighted by molar-refractivity contribution is -0.147. The minimum atomic E-state index is -1.01. The summed E-state index contributed by atoms with van der Waals surface area (Å²) < 4.78 is 11.7. The number of rotatable bonds is 4. The van der Waals surface area contributed by atoms with Crippen LogP contribution in [-0.2, 0) is 19.7 Å². The lowest BCUT2D eigenvalue weighted by Crippen LogP contribution is -2.49. The molecule has 0 unspecified atom stereocenters. The van der Waals surface area contributed by atoms with Crippen LogP contribution in [-0.4, -0.2) is 11.9 Å². The molecule has 2 heterocycles. The molecule has 0 spiro atoms. The summed E-state index contributed by atoms with van der Waals surface area (Å²) in [7, 11) is 0. The molecule has 0 fully saturated rings. The average Bonchev–Trinajstić information content (AvgIpc) is 2.81. The van der Waals surface area contributed by atoms with Gasteiger partial charge in [-0.1, -0.05) is 92.2 Å². The zero-order chi connectivity index (χ0) is 21.4. The van der Waals surface area contributed by atoms with Crippen molar-refractivity contribution in [3.05, 3.63) is 107 Å². The van der Waals surface area contributed by atoms with E-state index in [9.17, 15) is 9.59 Å². The van der Waals surface area contributed by atoms with Gasteiger partial charge in [-0.25, -0.2) is 4.79 Å². The second-order valence-electron chi connectivity index (χ2n) is 7.95. The predicted molar refractivity (Wildman–Crippen MR) is 117 cm³/mol. The molecule has 5 rings (SSSR count). The zero-order valence-electron chi connectivity index (χ0n) is 17.2. The molecule has 0 N–H and O–H groups in total. The average molecular weight is 410 g/mol. The standard InChI is InChI=1S/C27H22O4/c1-2-17-27(19-13-7-4-8-14-19)23-20-15-9-10-16-21(20)30-25(28)22(23)24(31-26(27)29)18-11-5-3-6-12-18/h3-16,23H,2,17H2,1H3/t23-,27-/m1/s1. The van der Waals surface area contributed by atoms with E-state index in [-0.39, 0.29) is 11.7 Å². The number of cyclic esters (lactones) is 1. The predicted octanol–water partition coefficient (Wildman–Crippen LogP) is 5.40. The van der Waals surface area contributed by atoms with Gasteiger partial charge in [0, 0.05) is 17.0 Å². The highest BCUT2D eigenvalue weighted by Gasteiger charge is 2.58. The lowest BCUT2D eigenvalue weighted by atomic mass is 9.60. The van der Waals surface area contributed by atoms with E-state index in [2.05, 4.69) is 0 Å². The van der Waals surface area contributed by atoms with Crippen molar-refractivity contribution >= 4 is 17.7 Å². The van der Waals surface area contributed by atoms with Gasteiger partial charge >= 0.3 is 11.9 Å². The number of carbonyl (C=O) groups excluding carboxylic acids is 2. The highest BCUT2D eigenvalue weighted by atomic mass is 16.6. The SMILES string of the molecule is CCC[C@]1(c2ccccc2)C(=O)OC(c2ccccc2)=C2C(=O)Oc3ccccc3[C@H]21. The van der Waals surface area contributed by atoms with E-state index in [1.165, 1.54) is 0 Å². The van der Waals surface area contributed by atoms with Gasteiger partial charge in [0.2, 0.25) is 0 Å². The van der Waals surface area contributed by atoms with Gasteiger partial charge in [-0.2, -0.15) is 0 Å². The van der Waals surface area contributed by atoms with E-state index in [1.54, 1.807) is 6.07 Å². The number of ether oxygens (including phenoxy) is 2. The molecule has 31 heavy (non-hydrogen) atoms. The maximum absolute atomic E-state index is 13.9. The van der Waals surface area contributed by atoms with Gasteiger partial charge in [0.25, 0.3) is 0 Å². The van der Waals surface area contributed by atoms with E-state index in [0.29, 0.717) is 23.3 Å². The number of fused-ring (bicyclic) bond motifs is 3. The van der Waals surface area contributed by atoms with Gasteiger partial charge in [-0.3, -0.25) is 4.79 Å². The second-order valence-corrected chi connectivity index (χ2v) is 7.95. The van der Waals surface area contributed by atoms with Crippen LogP contribution in [0.3, 0.4) is 0 Å². The van der Waals surface area contributed by atoms with Crippen molar-refractivity contribution in [1.82, 2.24) is 0 Å². The van der Waals surface area contributed by atoms with Crippen molar-refractivity contribution in [3.63, 3.8) is 0 Å². The van der Waals surface area contributed by atoms with E-state index < -0.39 is 17.3 Å². The summed E-state index contributed by atoms with van der Waals surface area (Å²) in [5.74, 6) is -0.509. The van der Waals surface area contributed by atoms with Gasteiger partial charge in [0.05, 0.1) is 5.57 Å². The molecule has 2 atom stereocenters. The van der Waals surface area contributed by atoms with Crippen molar-refractivity contribution < 1.29 is 19.1 Å². The highest BCUT2D eigenvalue weighted by molar-refractivity contribution is 6.07. The Morgan fingerprint density at radius 2 is 1.45 bits per heavy atom. The summed E-state index contributed by atoms with van der Waals surface area (Å²) in [6, 6.07) is 26.4. The van der Waals surface area contributed by atoms with E-state index in [0.717, 1.165) is 17.5 Å². The Hall–Kier alpha value is -3.66. The van der Waals surface area contributed by atoms with Crippen molar-refractivity contribution in [2.45, 2.75) is 31.1 Å². The fourth-order valence-electron chi connectivity index (χ4n) is 4.94. The molecular formula is C27H22O4. The number of para-hydroxylation sites is 1. The minimum absolute atomic E-state index is 0.290. The molecule has 3 aromatic carbocycles. The first-order chi connectivity index (χ1) is 15.2. The number of benzene rings is 3. The van der Waals surface area contributed by atoms with Crippen LogP contribution in [0.2, 0.25) is 0 Å². The van der Waals surface area contributed by atoms with Crippen LogP contribution in [0, 0.1) is 0 Å². The summed E-state index contributed by atoms with van der Waals surface area (Å²) in [4.78, 5) is 27.2. The molecule has 2 aliphatic rings. The molecule has 0 aromatic heterocycles. The quantitative estimate of drug-likeness (QED) is 0.427. The van der Waals surface area contributed by atoms with Crippen LogP contribution in [0.25, 0.3) is 5.76 Å². The minimum Gasteiger partial charge on any atom is -0.425 e. The molecule has 4 nitrogen and oxygen atoms in total. The fourth-order valence-corrected chi connectivity index (χ4v) is 4.94. The Kier molecular flexibility index (Phi) is 4.70. The Balaban J connectivity index is 1.86. The molecule has 4 heteroatoms. The third-order valence-corrected chi connectivity index (χ3v) is 6.21. The van der Waals surface area contributed by atoms with Crippen molar-refractivity contribution in [2.75, 3.05) is 0 Å². The van der Waals surface area contributed by atoms with Crippen LogP contribution in [0.15, 0.2) is 90.5 Å². The Labute approximate surface area is 181 Å². The maximum atomic E-state index is 13.9. The third kappa shape index (κ3) is 2.90. The first kappa shape index (κ1) is 19.3. The summed E-state index contributed by atoms with van der Waals surface area (Å²) in [6.07, 6.45) is 1.30. The molecule has 0 saturated carbocycles. The molecular weight excluding hydrogens is 388 g/mol. The largest absolute Gasteiger partial charge is 0.425 e. The lowest BCUT2D eigenvalue weighted by Gasteiger charge is -2.45. The molecule has 0 saturated heterocycles. The first-order valence-corrected chi connectivity index (χ1v) is 10.6. The first-order valence-electron chi connectivity index (χ1n) is 10.6. The Morgan fingerprint density at radius 1 is 0.806 bits per heavy atom. The Bertz CT molecular complexity index is 1180. The van der Waals surface area contributed by atoms with Gasteiger partial charge in [0.1, 0.15) is 16.9 Å². The third-order valence-electron chi connectivity index (χ3n) is 6.21. The van der Waals surface area contributed by atoms with Gasteiger partial charge in [-0.15, -0.1) is 0 Å². The molecule has 3 aromatic rings. The molecule has 0 amide bonds. The smallest absolute Gasteiger partial charge is 0.343 e. The molecule has 0 aliphatic carbocycles. The van der Waals surface area contributed by atoms with Gasteiger partial charge in [0.15, 0.2) is 0 Å². The van der Waals surface area contributed by atoms with E-state index >= 15 is 0 Å². The molecule has 154 valence electrons. The number of carbonyl (C=O) groups is 2. The van der Waals surface area contributed by atoms with Crippen molar-refractivity contribution in [3.8, 4) is 5.75 Å². The van der Waals surface area contributed by atoms with Gasteiger partial charge in [-0.05, 0) is 18.1 Å². The van der Waals surface area contributed by atoms with Crippen LogP contribution in [0.1, 0.15) is 42.4 Å². The summed E-state index contributed by atoms with van der Waals surface area (Å²) in [5.41, 5.74) is 1.76. The normalized spacial score (nSPS) is 22.3. The maximum Gasteiger partial charge on any atom is 0.343 e. The van der Waals surface area contributed by atoms with Crippen LogP contribution in [0.4, 0.5) is 0 Å². The summed E-state index contributed by atoms with van der Waals surface area (Å²) >= 11 is 0. The molecule has 2 aliphatic heterocycles. The highest BCUT2D eigenvalue weighted by Crippen LogP contribution is 2.56. The second kappa shape index (κ2) is 7.55.